The lowest BCUT2D eigenvalue weighted by Crippen LogP contribution is -2.35. The number of benzene rings is 1. The largest absolute Gasteiger partial charge is 0.396 e. The van der Waals surface area contributed by atoms with E-state index in [1.54, 1.807) is 14.0 Å². The number of aryl methyl sites for hydroxylation is 1. The topological polar surface area (TPSA) is 63.4 Å². The number of rotatable bonds is 5. The fourth-order valence-corrected chi connectivity index (χ4v) is 4.14. The minimum Gasteiger partial charge on any atom is -0.396 e. The van der Waals surface area contributed by atoms with Crippen molar-refractivity contribution in [2.75, 3.05) is 12.8 Å². The third kappa shape index (κ3) is 2.96. The summed E-state index contributed by atoms with van der Waals surface area (Å²) < 4.78 is 40.3. The molecule has 1 rings (SSSR count). The lowest BCUT2D eigenvalue weighted by Gasteiger charge is -2.26. The summed E-state index contributed by atoms with van der Waals surface area (Å²) in [6, 6.07) is 1.06. The van der Waals surface area contributed by atoms with E-state index in [4.69, 9.17) is 5.73 Å². The van der Waals surface area contributed by atoms with E-state index in [0.29, 0.717) is 5.56 Å². The third-order valence-corrected chi connectivity index (χ3v) is 5.93. The van der Waals surface area contributed by atoms with Crippen LogP contribution in [0.1, 0.15) is 37.8 Å². The molecule has 1 unspecified atom stereocenters. The number of nitrogens with zero attached hydrogens (tertiary/aromatic N) is 1. The first kappa shape index (κ1) is 16.9. The molecular weight excluding hydrogens is 279 g/mol. The molecule has 0 aliphatic rings. The summed E-state index contributed by atoms with van der Waals surface area (Å²) in [4.78, 5) is 0.113. The van der Waals surface area contributed by atoms with Crippen LogP contribution in [0.2, 0.25) is 0 Å². The SMILES string of the molecule is CCCC(C)N(C)S(=O)(=O)c1c(C)cc(F)c(N)c1C. The Balaban J connectivity index is 3.40. The Hall–Kier alpha value is -1.14. The third-order valence-electron chi connectivity index (χ3n) is 3.67. The van der Waals surface area contributed by atoms with Crippen molar-refractivity contribution in [2.45, 2.75) is 51.5 Å². The Labute approximate surface area is 120 Å². The molecule has 1 atom stereocenters. The van der Waals surface area contributed by atoms with Gasteiger partial charge in [0.2, 0.25) is 10.0 Å². The maximum atomic E-state index is 13.6. The van der Waals surface area contributed by atoms with E-state index in [-0.39, 0.29) is 22.2 Å². The lowest BCUT2D eigenvalue weighted by molar-refractivity contribution is 0.368. The van der Waals surface area contributed by atoms with E-state index in [1.807, 2.05) is 13.8 Å². The van der Waals surface area contributed by atoms with Crippen molar-refractivity contribution in [3.05, 3.63) is 23.0 Å². The second kappa shape index (κ2) is 6.10. The van der Waals surface area contributed by atoms with Gasteiger partial charge in [-0.2, -0.15) is 4.31 Å². The molecular formula is C14H23FN2O2S. The molecule has 0 fully saturated rings. The van der Waals surface area contributed by atoms with E-state index >= 15 is 0 Å². The molecule has 0 amide bonds. The normalized spacial score (nSPS) is 13.8. The molecule has 6 heteroatoms. The predicted octanol–water partition coefficient (Wildman–Crippen LogP) is 2.83. The smallest absolute Gasteiger partial charge is 0.243 e. The molecule has 4 nitrogen and oxygen atoms in total. The van der Waals surface area contributed by atoms with Crippen LogP contribution in [0.25, 0.3) is 0 Å². The van der Waals surface area contributed by atoms with Crippen molar-refractivity contribution in [3.63, 3.8) is 0 Å². The number of nitrogen functional groups attached to an aromatic ring is 1. The number of hydrogen-bond acceptors (Lipinski definition) is 3. The van der Waals surface area contributed by atoms with Crippen molar-refractivity contribution in [1.29, 1.82) is 0 Å². The van der Waals surface area contributed by atoms with Crippen LogP contribution >= 0.6 is 0 Å². The highest BCUT2D eigenvalue weighted by Gasteiger charge is 2.29. The molecule has 0 aliphatic carbocycles. The fourth-order valence-electron chi connectivity index (χ4n) is 2.31. The summed E-state index contributed by atoms with van der Waals surface area (Å²) in [6.45, 7) is 6.99. The van der Waals surface area contributed by atoms with Gasteiger partial charge in [-0.15, -0.1) is 0 Å². The monoisotopic (exact) mass is 302 g/mol. The van der Waals surface area contributed by atoms with Gasteiger partial charge in [-0.1, -0.05) is 13.3 Å². The zero-order valence-electron chi connectivity index (χ0n) is 12.7. The van der Waals surface area contributed by atoms with Gasteiger partial charge < -0.3 is 5.73 Å². The molecule has 0 radical (unpaired) electrons. The van der Waals surface area contributed by atoms with E-state index in [9.17, 15) is 12.8 Å². The molecule has 2 N–H and O–H groups in total. The number of anilines is 1. The first-order valence-electron chi connectivity index (χ1n) is 6.67. The molecule has 20 heavy (non-hydrogen) atoms. The van der Waals surface area contributed by atoms with Crippen LogP contribution in [0, 0.1) is 19.7 Å². The van der Waals surface area contributed by atoms with Crippen LogP contribution in [0.3, 0.4) is 0 Å². The van der Waals surface area contributed by atoms with Gasteiger partial charge in [0.05, 0.1) is 10.6 Å². The predicted molar refractivity (Wildman–Crippen MR) is 79.6 cm³/mol. The molecule has 0 aromatic heterocycles. The summed E-state index contributed by atoms with van der Waals surface area (Å²) in [5, 5.41) is 0. The van der Waals surface area contributed by atoms with Gasteiger partial charge in [-0.25, -0.2) is 12.8 Å². The average Bonchev–Trinajstić information content (AvgIpc) is 2.35. The highest BCUT2D eigenvalue weighted by Crippen LogP contribution is 2.30. The molecule has 0 bridgehead atoms. The molecule has 1 aromatic rings. The Morgan fingerprint density at radius 3 is 2.45 bits per heavy atom. The van der Waals surface area contributed by atoms with Crippen LogP contribution in [0.4, 0.5) is 10.1 Å². The summed E-state index contributed by atoms with van der Waals surface area (Å²) in [5.74, 6) is -0.580. The van der Waals surface area contributed by atoms with Crippen LogP contribution in [0.15, 0.2) is 11.0 Å². The molecule has 1 aromatic carbocycles. The summed E-state index contributed by atoms with van der Waals surface area (Å²) >= 11 is 0. The van der Waals surface area contributed by atoms with Gasteiger partial charge in [0, 0.05) is 13.1 Å². The highest BCUT2D eigenvalue weighted by molar-refractivity contribution is 7.89. The quantitative estimate of drug-likeness (QED) is 0.851. The van der Waals surface area contributed by atoms with Gasteiger partial charge in [0.25, 0.3) is 0 Å². The fraction of sp³-hybridized carbons (Fsp3) is 0.571. The van der Waals surface area contributed by atoms with Crippen molar-refractivity contribution in [1.82, 2.24) is 4.31 Å². The highest BCUT2D eigenvalue weighted by atomic mass is 32.2. The molecule has 0 heterocycles. The number of sulfonamides is 1. The zero-order chi connectivity index (χ0) is 15.7. The van der Waals surface area contributed by atoms with Crippen LogP contribution in [-0.2, 0) is 10.0 Å². The Morgan fingerprint density at radius 1 is 1.40 bits per heavy atom. The van der Waals surface area contributed by atoms with E-state index in [0.717, 1.165) is 12.8 Å². The van der Waals surface area contributed by atoms with E-state index in [2.05, 4.69) is 0 Å². The summed E-state index contributed by atoms with van der Waals surface area (Å²) in [6.07, 6.45) is 1.66. The van der Waals surface area contributed by atoms with Crippen LogP contribution < -0.4 is 5.73 Å². The number of halogens is 1. The van der Waals surface area contributed by atoms with Gasteiger partial charge in [0.15, 0.2) is 0 Å². The maximum Gasteiger partial charge on any atom is 0.243 e. The zero-order valence-corrected chi connectivity index (χ0v) is 13.5. The minimum absolute atomic E-state index is 0.106. The van der Waals surface area contributed by atoms with Crippen molar-refractivity contribution in [2.24, 2.45) is 0 Å². The number of nitrogens with two attached hydrogens (primary N) is 1. The Morgan fingerprint density at radius 2 is 1.95 bits per heavy atom. The van der Waals surface area contributed by atoms with Gasteiger partial charge in [0.1, 0.15) is 5.82 Å². The Kier molecular flexibility index (Phi) is 5.15. The average molecular weight is 302 g/mol. The van der Waals surface area contributed by atoms with Crippen molar-refractivity contribution >= 4 is 15.7 Å². The first-order valence-corrected chi connectivity index (χ1v) is 8.11. The van der Waals surface area contributed by atoms with Gasteiger partial charge in [-0.05, 0) is 44.4 Å². The van der Waals surface area contributed by atoms with Crippen molar-refractivity contribution < 1.29 is 12.8 Å². The lowest BCUT2D eigenvalue weighted by atomic mass is 10.1. The minimum atomic E-state index is -3.67. The van der Waals surface area contributed by atoms with Crippen LogP contribution in [-0.4, -0.2) is 25.8 Å². The summed E-state index contributed by atoms with van der Waals surface area (Å²) in [7, 11) is -2.12. The van der Waals surface area contributed by atoms with E-state index < -0.39 is 15.8 Å². The second-order valence-electron chi connectivity index (χ2n) is 5.20. The first-order chi connectivity index (χ1) is 9.14. The molecule has 0 aliphatic heterocycles. The van der Waals surface area contributed by atoms with Gasteiger partial charge >= 0.3 is 0 Å². The molecule has 0 spiro atoms. The molecule has 0 saturated carbocycles. The maximum absolute atomic E-state index is 13.6. The molecule has 114 valence electrons. The van der Waals surface area contributed by atoms with E-state index in [1.165, 1.54) is 17.3 Å². The second-order valence-corrected chi connectivity index (χ2v) is 7.14. The van der Waals surface area contributed by atoms with Crippen LogP contribution in [0.5, 0.6) is 0 Å². The Bertz CT molecular complexity index is 600. The standard InChI is InChI=1S/C14H23FN2O2S/c1-6-7-10(3)17(5)20(18,19)14-9(2)8-12(15)13(16)11(14)4/h8,10H,6-7,16H2,1-5H3. The molecule has 0 saturated heterocycles. The van der Waals surface area contributed by atoms with Crippen molar-refractivity contribution in [3.8, 4) is 0 Å². The van der Waals surface area contributed by atoms with Gasteiger partial charge in [-0.3, -0.25) is 0 Å². The summed E-state index contributed by atoms with van der Waals surface area (Å²) in [5.41, 5.74) is 6.17. The number of hydrogen-bond donors (Lipinski definition) is 1.